The van der Waals surface area contributed by atoms with Crippen LogP contribution in [0.5, 0.6) is 0 Å². The van der Waals surface area contributed by atoms with E-state index in [-0.39, 0.29) is 11.8 Å². The van der Waals surface area contributed by atoms with E-state index < -0.39 is 0 Å². The zero-order valence-corrected chi connectivity index (χ0v) is 9.22. The van der Waals surface area contributed by atoms with Gasteiger partial charge in [-0.1, -0.05) is 30.3 Å². The summed E-state index contributed by atoms with van der Waals surface area (Å²) in [7, 11) is 1.53. The quantitative estimate of drug-likeness (QED) is 0.678. The van der Waals surface area contributed by atoms with E-state index in [9.17, 15) is 9.59 Å². The van der Waals surface area contributed by atoms with Crippen LogP contribution >= 0.6 is 0 Å². The summed E-state index contributed by atoms with van der Waals surface area (Å²) in [5, 5.41) is 0. The number of piperazine rings is 1. The van der Waals surface area contributed by atoms with E-state index in [2.05, 4.69) is 0 Å². The zero-order valence-electron chi connectivity index (χ0n) is 9.22. The Bertz CT molecular complexity index is 385. The minimum atomic E-state index is -0.132. The maximum Gasteiger partial charge on any atom is 0.243 e. The molecule has 84 valence electrons. The van der Waals surface area contributed by atoms with Crippen LogP contribution in [0.2, 0.25) is 0 Å². The van der Waals surface area contributed by atoms with Crippen molar-refractivity contribution in [1.82, 2.24) is 9.80 Å². The number of imide groups is 1. The maximum absolute atomic E-state index is 11.5. The molecule has 0 spiro atoms. The number of carbonyl (C=O) groups is 2. The molecule has 0 N–H and O–H groups in total. The average Bonchev–Trinajstić information content (AvgIpc) is 2.27. The smallest absolute Gasteiger partial charge is 0.243 e. The van der Waals surface area contributed by atoms with Crippen molar-refractivity contribution >= 4 is 11.8 Å². The van der Waals surface area contributed by atoms with E-state index in [1.165, 1.54) is 11.9 Å². The first-order valence-corrected chi connectivity index (χ1v) is 5.22. The molecule has 1 fully saturated rings. The Morgan fingerprint density at radius 1 is 1.06 bits per heavy atom. The first-order valence-electron chi connectivity index (χ1n) is 5.22. The summed E-state index contributed by atoms with van der Waals surface area (Å²) in [6.45, 7) is 1.28. The lowest BCUT2D eigenvalue weighted by atomic mass is 10.2. The minimum absolute atomic E-state index is 0.132. The predicted octanol–water partition coefficient (Wildman–Crippen LogP) is 0.487. The monoisotopic (exact) mass is 218 g/mol. The number of rotatable bonds is 2. The van der Waals surface area contributed by atoms with Crippen molar-refractivity contribution in [3.05, 3.63) is 35.9 Å². The lowest BCUT2D eigenvalue weighted by Gasteiger charge is -2.30. The molecule has 0 radical (unpaired) electrons. The van der Waals surface area contributed by atoms with Crippen molar-refractivity contribution in [2.45, 2.75) is 6.54 Å². The van der Waals surface area contributed by atoms with Gasteiger partial charge in [-0.15, -0.1) is 0 Å². The molecule has 0 unspecified atom stereocenters. The number of nitrogens with zero attached hydrogens (tertiary/aromatic N) is 2. The number of carbonyl (C=O) groups excluding carboxylic acids is 2. The van der Waals surface area contributed by atoms with Gasteiger partial charge in [0.05, 0.1) is 13.1 Å². The Balaban J connectivity index is 2.02. The minimum Gasteiger partial charge on any atom is -0.284 e. The average molecular weight is 218 g/mol. The molecule has 1 aliphatic rings. The lowest BCUT2D eigenvalue weighted by molar-refractivity contribution is -0.149. The summed E-state index contributed by atoms with van der Waals surface area (Å²) in [6, 6.07) is 9.84. The summed E-state index contributed by atoms with van der Waals surface area (Å²) >= 11 is 0. The van der Waals surface area contributed by atoms with E-state index in [0.29, 0.717) is 19.6 Å². The van der Waals surface area contributed by atoms with Gasteiger partial charge in [-0.2, -0.15) is 0 Å². The normalized spacial score (nSPS) is 17.9. The predicted molar refractivity (Wildman–Crippen MR) is 59.5 cm³/mol. The van der Waals surface area contributed by atoms with E-state index in [0.717, 1.165) is 5.56 Å². The molecule has 0 saturated carbocycles. The van der Waals surface area contributed by atoms with Crippen LogP contribution in [0.3, 0.4) is 0 Å². The standard InChI is InChI=1S/C12H14N2O2/c1-13-11(15)8-14(9-12(13)16)7-10-5-3-2-4-6-10/h2-6H,7-9H2,1H3. The lowest BCUT2D eigenvalue weighted by Crippen LogP contribution is -2.51. The molecule has 2 amide bonds. The van der Waals surface area contributed by atoms with Crippen LogP contribution in [0.4, 0.5) is 0 Å². The summed E-state index contributed by atoms with van der Waals surface area (Å²) in [4.78, 5) is 26.0. The molecule has 2 rings (SSSR count). The fourth-order valence-corrected chi connectivity index (χ4v) is 1.74. The summed E-state index contributed by atoms with van der Waals surface area (Å²) in [5.41, 5.74) is 1.12. The topological polar surface area (TPSA) is 40.6 Å². The SMILES string of the molecule is CN1C(=O)CN(Cc2ccccc2)CC1=O. The third-order valence-electron chi connectivity index (χ3n) is 2.71. The fraction of sp³-hybridized carbons (Fsp3) is 0.333. The molecule has 0 atom stereocenters. The highest BCUT2D eigenvalue weighted by atomic mass is 16.2. The van der Waals surface area contributed by atoms with Gasteiger partial charge in [0.15, 0.2) is 0 Å². The molecule has 4 nitrogen and oxygen atoms in total. The molecule has 4 heteroatoms. The Morgan fingerprint density at radius 3 is 2.19 bits per heavy atom. The van der Waals surface area contributed by atoms with Crippen LogP contribution in [0.1, 0.15) is 5.56 Å². The second-order valence-electron chi connectivity index (χ2n) is 3.98. The number of hydrogen-bond donors (Lipinski definition) is 0. The zero-order chi connectivity index (χ0) is 11.5. The molecule has 1 aromatic carbocycles. The van der Waals surface area contributed by atoms with Gasteiger partial charge in [0, 0.05) is 13.6 Å². The molecule has 0 aliphatic carbocycles. The summed E-state index contributed by atoms with van der Waals surface area (Å²) in [6.07, 6.45) is 0. The van der Waals surface area contributed by atoms with Crippen molar-refractivity contribution in [3.8, 4) is 0 Å². The number of hydrogen-bond acceptors (Lipinski definition) is 3. The summed E-state index contributed by atoms with van der Waals surface area (Å²) < 4.78 is 0. The van der Waals surface area contributed by atoms with Gasteiger partial charge in [-0.3, -0.25) is 19.4 Å². The number of likely N-dealkylation sites (N-methyl/N-ethyl adjacent to an activating group) is 1. The molecule has 1 heterocycles. The fourth-order valence-electron chi connectivity index (χ4n) is 1.74. The van der Waals surface area contributed by atoms with Crippen LogP contribution in [0.25, 0.3) is 0 Å². The highest BCUT2D eigenvalue weighted by molar-refractivity contribution is 5.99. The Morgan fingerprint density at radius 2 is 1.62 bits per heavy atom. The number of amides is 2. The van der Waals surface area contributed by atoms with Crippen molar-refractivity contribution in [3.63, 3.8) is 0 Å². The van der Waals surface area contributed by atoms with E-state index in [4.69, 9.17) is 0 Å². The van der Waals surface area contributed by atoms with Crippen LogP contribution in [-0.4, -0.2) is 41.8 Å². The Kier molecular flexibility index (Phi) is 3.01. The van der Waals surface area contributed by atoms with E-state index >= 15 is 0 Å². The Hall–Kier alpha value is -1.68. The second kappa shape index (κ2) is 4.45. The van der Waals surface area contributed by atoms with Gasteiger partial charge >= 0.3 is 0 Å². The van der Waals surface area contributed by atoms with Gasteiger partial charge in [-0.25, -0.2) is 0 Å². The van der Waals surface area contributed by atoms with Gasteiger partial charge in [-0.05, 0) is 5.56 Å². The van der Waals surface area contributed by atoms with Gasteiger partial charge < -0.3 is 0 Å². The van der Waals surface area contributed by atoms with Crippen molar-refractivity contribution in [2.24, 2.45) is 0 Å². The first kappa shape index (κ1) is 10.8. The molecule has 16 heavy (non-hydrogen) atoms. The molecule has 1 aliphatic heterocycles. The van der Waals surface area contributed by atoms with Crippen LogP contribution < -0.4 is 0 Å². The third kappa shape index (κ3) is 2.28. The van der Waals surface area contributed by atoms with E-state index in [1.807, 2.05) is 35.2 Å². The van der Waals surface area contributed by atoms with E-state index in [1.54, 1.807) is 0 Å². The second-order valence-corrected chi connectivity index (χ2v) is 3.98. The Labute approximate surface area is 94.5 Å². The molecular weight excluding hydrogens is 204 g/mol. The molecule has 1 aromatic rings. The maximum atomic E-state index is 11.5. The molecular formula is C12H14N2O2. The van der Waals surface area contributed by atoms with Crippen molar-refractivity contribution in [1.29, 1.82) is 0 Å². The molecule has 0 bridgehead atoms. The molecule has 1 saturated heterocycles. The molecule has 0 aromatic heterocycles. The van der Waals surface area contributed by atoms with Crippen molar-refractivity contribution < 1.29 is 9.59 Å². The van der Waals surface area contributed by atoms with Crippen LogP contribution in [-0.2, 0) is 16.1 Å². The highest BCUT2D eigenvalue weighted by Crippen LogP contribution is 2.08. The third-order valence-corrected chi connectivity index (χ3v) is 2.71. The largest absolute Gasteiger partial charge is 0.284 e. The van der Waals surface area contributed by atoms with Gasteiger partial charge in [0.1, 0.15) is 0 Å². The van der Waals surface area contributed by atoms with Crippen molar-refractivity contribution in [2.75, 3.05) is 20.1 Å². The highest BCUT2D eigenvalue weighted by Gasteiger charge is 2.27. The van der Waals surface area contributed by atoms with Gasteiger partial charge in [0.2, 0.25) is 11.8 Å². The van der Waals surface area contributed by atoms with Crippen LogP contribution in [0.15, 0.2) is 30.3 Å². The van der Waals surface area contributed by atoms with Gasteiger partial charge in [0.25, 0.3) is 0 Å². The number of benzene rings is 1. The first-order chi connectivity index (χ1) is 7.66. The van der Waals surface area contributed by atoms with Crippen LogP contribution in [0, 0.1) is 0 Å². The summed E-state index contributed by atoms with van der Waals surface area (Å²) in [5.74, 6) is -0.264.